The van der Waals surface area contributed by atoms with Crippen LogP contribution < -0.4 is 0 Å². The SMILES string of the molecule is C=Cc1nc(C(C)CC)oc1C=C. The van der Waals surface area contributed by atoms with E-state index in [1.165, 1.54) is 0 Å². The first kappa shape index (κ1) is 9.78. The Hall–Kier alpha value is -1.31. The molecular formula is C11H15NO. The number of nitrogens with zero attached hydrogens (tertiary/aromatic N) is 1. The van der Waals surface area contributed by atoms with Crippen LogP contribution in [-0.2, 0) is 0 Å². The monoisotopic (exact) mass is 177 g/mol. The van der Waals surface area contributed by atoms with Crippen LogP contribution >= 0.6 is 0 Å². The van der Waals surface area contributed by atoms with Gasteiger partial charge in [0.15, 0.2) is 11.7 Å². The second kappa shape index (κ2) is 4.08. The summed E-state index contributed by atoms with van der Waals surface area (Å²) in [7, 11) is 0. The van der Waals surface area contributed by atoms with Crippen LogP contribution in [0.5, 0.6) is 0 Å². The van der Waals surface area contributed by atoms with Crippen molar-refractivity contribution in [2.24, 2.45) is 0 Å². The van der Waals surface area contributed by atoms with Crippen molar-refractivity contribution in [3.63, 3.8) is 0 Å². The van der Waals surface area contributed by atoms with E-state index in [0.717, 1.165) is 18.0 Å². The fourth-order valence-corrected chi connectivity index (χ4v) is 1.04. The first-order valence-electron chi connectivity index (χ1n) is 4.48. The summed E-state index contributed by atoms with van der Waals surface area (Å²) in [5.74, 6) is 1.84. The molecule has 1 unspecified atom stereocenters. The van der Waals surface area contributed by atoms with Crippen molar-refractivity contribution in [1.29, 1.82) is 0 Å². The molecule has 0 aliphatic rings. The van der Waals surface area contributed by atoms with Crippen LogP contribution in [0.25, 0.3) is 12.2 Å². The van der Waals surface area contributed by atoms with Gasteiger partial charge in [0.1, 0.15) is 5.69 Å². The number of aromatic nitrogens is 1. The van der Waals surface area contributed by atoms with Crippen LogP contribution in [-0.4, -0.2) is 4.98 Å². The van der Waals surface area contributed by atoms with Gasteiger partial charge in [0.2, 0.25) is 0 Å². The Bertz CT molecular complexity index is 286. The average molecular weight is 177 g/mol. The van der Waals surface area contributed by atoms with Gasteiger partial charge in [0, 0.05) is 5.92 Å². The molecule has 1 aromatic heterocycles. The Labute approximate surface area is 79.0 Å². The Kier molecular flexibility index (Phi) is 3.07. The van der Waals surface area contributed by atoms with E-state index in [-0.39, 0.29) is 0 Å². The summed E-state index contributed by atoms with van der Waals surface area (Å²) < 4.78 is 5.51. The van der Waals surface area contributed by atoms with Crippen molar-refractivity contribution in [2.45, 2.75) is 26.2 Å². The molecule has 1 heterocycles. The molecular weight excluding hydrogens is 162 g/mol. The zero-order valence-corrected chi connectivity index (χ0v) is 8.21. The quantitative estimate of drug-likeness (QED) is 0.703. The van der Waals surface area contributed by atoms with Crippen molar-refractivity contribution < 1.29 is 4.42 Å². The van der Waals surface area contributed by atoms with Gasteiger partial charge in [-0.05, 0) is 18.6 Å². The second-order valence-corrected chi connectivity index (χ2v) is 3.02. The van der Waals surface area contributed by atoms with E-state index < -0.39 is 0 Å². The standard InChI is InChI=1S/C11H15NO/c1-5-8(4)11-12-9(6-2)10(7-3)13-11/h6-8H,2-3,5H2,1,4H3. The van der Waals surface area contributed by atoms with E-state index in [0.29, 0.717) is 11.7 Å². The summed E-state index contributed by atoms with van der Waals surface area (Å²) >= 11 is 0. The number of hydrogen-bond acceptors (Lipinski definition) is 2. The van der Waals surface area contributed by atoms with Crippen molar-refractivity contribution in [3.8, 4) is 0 Å². The Balaban J connectivity index is 3.05. The van der Waals surface area contributed by atoms with E-state index in [1.807, 2.05) is 0 Å². The van der Waals surface area contributed by atoms with Gasteiger partial charge in [-0.25, -0.2) is 4.98 Å². The molecule has 0 aliphatic heterocycles. The molecule has 1 atom stereocenters. The number of oxazole rings is 1. The minimum absolute atomic E-state index is 0.354. The van der Waals surface area contributed by atoms with Gasteiger partial charge < -0.3 is 4.42 Å². The van der Waals surface area contributed by atoms with Crippen molar-refractivity contribution >= 4 is 12.2 Å². The molecule has 70 valence electrons. The highest BCUT2D eigenvalue weighted by Crippen LogP contribution is 2.22. The highest BCUT2D eigenvalue weighted by Gasteiger charge is 2.12. The lowest BCUT2D eigenvalue weighted by Crippen LogP contribution is -1.90. The molecule has 0 bridgehead atoms. The van der Waals surface area contributed by atoms with E-state index in [1.54, 1.807) is 12.2 Å². The lowest BCUT2D eigenvalue weighted by Gasteiger charge is -2.00. The smallest absolute Gasteiger partial charge is 0.198 e. The normalized spacial score (nSPS) is 12.5. The topological polar surface area (TPSA) is 26.0 Å². The highest BCUT2D eigenvalue weighted by atomic mass is 16.4. The molecule has 2 nitrogen and oxygen atoms in total. The first-order valence-corrected chi connectivity index (χ1v) is 4.48. The molecule has 0 N–H and O–H groups in total. The van der Waals surface area contributed by atoms with Crippen molar-refractivity contribution in [2.75, 3.05) is 0 Å². The summed E-state index contributed by atoms with van der Waals surface area (Å²) in [6, 6.07) is 0. The van der Waals surface area contributed by atoms with Gasteiger partial charge in [-0.3, -0.25) is 0 Å². The van der Waals surface area contributed by atoms with Gasteiger partial charge >= 0.3 is 0 Å². The molecule has 1 aromatic rings. The van der Waals surface area contributed by atoms with Crippen LogP contribution in [0.2, 0.25) is 0 Å². The van der Waals surface area contributed by atoms with Crippen LogP contribution in [0.3, 0.4) is 0 Å². The van der Waals surface area contributed by atoms with Gasteiger partial charge in [-0.2, -0.15) is 0 Å². The second-order valence-electron chi connectivity index (χ2n) is 3.02. The van der Waals surface area contributed by atoms with Crippen molar-refractivity contribution in [1.82, 2.24) is 4.98 Å². The van der Waals surface area contributed by atoms with Crippen molar-refractivity contribution in [3.05, 3.63) is 30.5 Å². The highest BCUT2D eigenvalue weighted by molar-refractivity contribution is 5.55. The van der Waals surface area contributed by atoms with E-state index in [2.05, 4.69) is 32.0 Å². The predicted octanol–water partition coefficient (Wildman–Crippen LogP) is 3.47. The zero-order valence-electron chi connectivity index (χ0n) is 8.21. The average Bonchev–Trinajstić information content (AvgIpc) is 2.59. The van der Waals surface area contributed by atoms with Crippen LogP contribution in [0, 0.1) is 0 Å². The minimum atomic E-state index is 0.354. The lowest BCUT2D eigenvalue weighted by molar-refractivity contribution is 0.447. The summed E-state index contributed by atoms with van der Waals surface area (Å²) in [6.45, 7) is 11.5. The van der Waals surface area contributed by atoms with Crippen LogP contribution in [0.1, 0.15) is 43.5 Å². The molecule has 0 radical (unpaired) electrons. The van der Waals surface area contributed by atoms with Crippen LogP contribution in [0.4, 0.5) is 0 Å². The third-order valence-corrected chi connectivity index (χ3v) is 2.11. The molecule has 13 heavy (non-hydrogen) atoms. The third kappa shape index (κ3) is 1.89. The Morgan fingerprint density at radius 3 is 2.54 bits per heavy atom. The van der Waals surface area contributed by atoms with Gasteiger partial charge in [0.05, 0.1) is 0 Å². The zero-order chi connectivity index (χ0) is 9.84. The summed E-state index contributed by atoms with van der Waals surface area (Å²) in [5.41, 5.74) is 0.783. The van der Waals surface area contributed by atoms with Gasteiger partial charge in [-0.15, -0.1) is 0 Å². The minimum Gasteiger partial charge on any atom is -0.440 e. The molecule has 2 heteroatoms. The lowest BCUT2D eigenvalue weighted by atomic mass is 10.1. The molecule has 0 amide bonds. The largest absolute Gasteiger partial charge is 0.440 e. The third-order valence-electron chi connectivity index (χ3n) is 2.11. The molecule has 0 aliphatic carbocycles. The molecule has 0 saturated heterocycles. The maximum atomic E-state index is 5.51. The fraction of sp³-hybridized carbons (Fsp3) is 0.364. The van der Waals surface area contributed by atoms with Gasteiger partial charge in [0.25, 0.3) is 0 Å². The molecule has 1 rings (SSSR count). The first-order chi connectivity index (χ1) is 6.22. The fourth-order valence-electron chi connectivity index (χ4n) is 1.04. The van der Waals surface area contributed by atoms with E-state index in [9.17, 15) is 0 Å². The summed E-state index contributed by atoms with van der Waals surface area (Å²) in [6.07, 6.45) is 4.37. The molecule has 0 saturated carbocycles. The summed E-state index contributed by atoms with van der Waals surface area (Å²) in [5, 5.41) is 0. The van der Waals surface area contributed by atoms with E-state index in [4.69, 9.17) is 4.42 Å². The molecule has 0 fully saturated rings. The Morgan fingerprint density at radius 1 is 1.46 bits per heavy atom. The maximum Gasteiger partial charge on any atom is 0.198 e. The molecule has 0 spiro atoms. The number of hydrogen-bond donors (Lipinski definition) is 0. The summed E-state index contributed by atoms with van der Waals surface area (Å²) in [4.78, 5) is 4.31. The van der Waals surface area contributed by atoms with E-state index >= 15 is 0 Å². The predicted molar refractivity (Wildman–Crippen MR) is 55.4 cm³/mol. The maximum absolute atomic E-state index is 5.51. The van der Waals surface area contributed by atoms with Crippen LogP contribution in [0.15, 0.2) is 17.6 Å². The number of rotatable bonds is 4. The Morgan fingerprint density at radius 2 is 2.15 bits per heavy atom. The molecule has 0 aromatic carbocycles. The van der Waals surface area contributed by atoms with Gasteiger partial charge in [-0.1, -0.05) is 27.0 Å².